The van der Waals surface area contributed by atoms with Crippen LogP contribution in [0.15, 0.2) is 34.9 Å². The molecule has 1 aliphatic carbocycles. The molecule has 0 bridgehead atoms. The van der Waals surface area contributed by atoms with E-state index in [2.05, 4.69) is 39.6 Å². The van der Waals surface area contributed by atoms with Crippen molar-refractivity contribution in [3.63, 3.8) is 0 Å². The second-order valence-corrected chi connectivity index (χ2v) is 6.90. The van der Waals surface area contributed by atoms with Gasteiger partial charge in [0.05, 0.1) is 6.61 Å². The standard InChI is InChI=1S/C19H23N3O3/c1-14-12-17(21-25-14)20-18(23)7-9-22-10-11-24-19(13-22)8-6-15-4-2-3-5-16(15)19/h2-5,12H,6-11,13H2,1H3,(H,20,21,23). The molecule has 1 aromatic carbocycles. The van der Waals surface area contributed by atoms with Crippen LogP contribution in [-0.4, -0.2) is 42.2 Å². The van der Waals surface area contributed by atoms with E-state index in [1.807, 2.05) is 0 Å². The highest BCUT2D eigenvalue weighted by Gasteiger charge is 2.43. The summed E-state index contributed by atoms with van der Waals surface area (Å²) in [5, 5.41) is 6.57. The maximum absolute atomic E-state index is 12.1. The van der Waals surface area contributed by atoms with Gasteiger partial charge in [-0.15, -0.1) is 0 Å². The molecule has 1 aliphatic heterocycles. The molecule has 132 valence electrons. The van der Waals surface area contributed by atoms with Crippen LogP contribution in [0, 0.1) is 6.92 Å². The number of morpholine rings is 1. The molecule has 2 aliphatic rings. The molecule has 2 aromatic rings. The Labute approximate surface area is 147 Å². The van der Waals surface area contributed by atoms with E-state index in [0.717, 1.165) is 32.5 Å². The van der Waals surface area contributed by atoms with E-state index in [0.29, 0.717) is 24.6 Å². The number of amides is 1. The van der Waals surface area contributed by atoms with Crippen LogP contribution in [0.25, 0.3) is 0 Å². The summed E-state index contributed by atoms with van der Waals surface area (Å²) in [5.41, 5.74) is 2.51. The van der Waals surface area contributed by atoms with Crippen LogP contribution >= 0.6 is 0 Å². The molecule has 0 saturated carbocycles. The van der Waals surface area contributed by atoms with Crippen LogP contribution < -0.4 is 5.32 Å². The van der Waals surface area contributed by atoms with Crippen molar-refractivity contribution in [2.75, 3.05) is 31.6 Å². The first kappa shape index (κ1) is 16.3. The highest BCUT2D eigenvalue weighted by Crippen LogP contribution is 2.42. The van der Waals surface area contributed by atoms with Crippen molar-refractivity contribution in [3.8, 4) is 0 Å². The molecule has 0 radical (unpaired) electrons. The monoisotopic (exact) mass is 341 g/mol. The van der Waals surface area contributed by atoms with Gasteiger partial charge in [-0.2, -0.15) is 0 Å². The Balaban J connectivity index is 1.35. The lowest BCUT2D eigenvalue weighted by molar-refractivity contribution is -0.122. The third-order valence-corrected chi connectivity index (χ3v) is 5.12. The molecule has 1 aromatic heterocycles. The van der Waals surface area contributed by atoms with Gasteiger partial charge >= 0.3 is 0 Å². The number of hydrogen-bond acceptors (Lipinski definition) is 5. The average Bonchev–Trinajstić information content (AvgIpc) is 3.18. The first-order valence-electron chi connectivity index (χ1n) is 8.82. The molecule has 1 spiro atoms. The summed E-state index contributed by atoms with van der Waals surface area (Å²) < 4.78 is 11.2. The van der Waals surface area contributed by atoms with Gasteiger partial charge in [0.1, 0.15) is 11.4 Å². The first-order valence-corrected chi connectivity index (χ1v) is 8.82. The molecule has 6 heteroatoms. The van der Waals surface area contributed by atoms with E-state index in [-0.39, 0.29) is 11.5 Å². The van der Waals surface area contributed by atoms with Crippen LogP contribution in [0.5, 0.6) is 0 Å². The maximum Gasteiger partial charge on any atom is 0.226 e. The van der Waals surface area contributed by atoms with E-state index in [4.69, 9.17) is 9.26 Å². The minimum Gasteiger partial charge on any atom is -0.368 e. The fourth-order valence-electron chi connectivity index (χ4n) is 3.91. The second-order valence-electron chi connectivity index (χ2n) is 6.90. The fraction of sp³-hybridized carbons (Fsp3) is 0.474. The van der Waals surface area contributed by atoms with Crippen molar-refractivity contribution in [1.82, 2.24) is 10.1 Å². The molecule has 1 atom stereocenters. The van der Waals surface area contributed by atoms with E-state index < -0.39 is 0 Å². The minimum absolute atomic E-state index is 0.0411. The summed E-state index contributed by atoms with van der Waals surface area (Å²) in [5.74, 6) is 1.12. The Morgan fingerprint density at radius 3 is 3.12 bits per heavy atom. The summed E-state index contributed by atoms with van der Waals surface area (Å²) in [6.07, 6.45) is 2.52. The molecule has 25 heavy (non-hydrogen) atoms. The highest BCUT2D eigenvalue weighted by atomic mass is 16.5. The summed E-state index contributed by atoms with van der Waals surface area (Å²) in [6.45, 7) is 4.93. The number of aromatic nitrogens is 1. The van der Waals surface area contributed by atoms with Gasteiger partial charge in [0.25, 0.3) is 0 Å². The molecule has 1 fully saturated rings. The molecule has 1 N–H and O–H groups in total. The average molecular weight is 341 g/mol. The first-order chi connectivity index (χ1) is 12.1. The number of aryl methyl sites for hydroxylation is 2. The molecule has 1 unspecified atom stereocenters. The molecule has 4 rings (SSSR count). The van der Waals surface area contributed by atoms with Crippen molar-refractivity contribution < 1.29 is 14.1 Å². The summed E-state index contributed by atoms with van der Waals surface area (Å²) >= 11 is 0. The molecule has 1 saturated heterocycles. The number of hydrogen-bond donors (Lipinski definition) is 1. The van der Waals surface area contributed by atoms with Gasteiger partial charge in [-0.05, 0) is 30.9 Å². The lowest BCUT2D eigenvalue weighted by atomic mass is 9.93. The van der Waals surface area contributed by atoms with Crippen molar-refractivity contribution in [3.05, 3.63) is 47.2 Å². The number of anilines is 1. The smallest absolute Gasteiger partial charge is 0.226 e. The SMILES string of the molecule is Cc1cc(NC(=O)CCN2CCOC3(CCc4ccccc43)C2)no1. The number of fused-ring (bicyclic) bond motifs is 2. The fourth-order valence-corrected chi connectivity index (χ4v) is 3.91. The van der Waals surface area contributed by atoms with Gasteiger partial charge in [0.2, 0.25) is 5.91 Å². The topological polar surface area (TPSA) is 67.6 Å². The van der Waals surface area contributed by atoms with Crippen molar-refractivity contribution >= 4 is 11.7 Å². The van der Waals surface area contributed by atoms with E-state index in [1.165, 1.54) is 11.1 Å². The van der Waals surface area contributed by atoms with E-state index in [9.17, 15) is 4.79 Å². The zero-order valence-electron chi connectivity index (χ0n) is 14.5. The van der Waals surface area contributed by atoms with E-state index in [1.54, 1.807) is 13.0 Å². The zero-order valence-corrected chi connectivity index (χ0v) is 14.5. The van der Waals surface area contributed by atoms with Gasteiger partial charge in [-0.25, -0.2) is 0 Å². The lowest BCUT2D eigenvalue weighted by Gasteiger charge is -2.41. The molecular formula is C19H23N3O3. The number of rotatable bonds is 4. The predicted octanol–water partition coefficient (Wildman–Crippen LogP) is 2.49. The maximum atomic E-state index is 12.1. The van der Waals surface area contributed by atoms with Crippen LogP contribution in [0.4, 0.5) is 5.82 Å². The van der Waals surface area contributed by atoms with Crippen LogP contribution in [0.2, 0.25) is 0 Å². The zero-order chi connectivity index (χ0) is 17.3. The Morgan fingerprint density at radius 1 is 1.40 bits per heavy atom. The number of carbonyl (C=O) groups is 1. The lowest BCUT2D eigenvalue weighted by Crippen LogP contribution is -2.49. The number of carbonyl (C=O) groups excluding carboxylic acids is 1. The van der Waals surface area contributed by atoms with Gasteiger partial charge in [0.15, 0.2) is 5.82 Å². The number of nitrogens with zero attached hydrogens (tertiary/aromatic N) is 2. The number of ether oxygens (including phenoxy) is 1. The second kappa shape index (κ2) is 6.61. The normalized spacial score (nSPS) is 22.9. The van der Waals surface area contributed by atoms with Gasteiger partial charge in [-0.3, -0.25) is 9.69 Å². The summed E-state index contributed by atoms with van der Waals surface area (Å²) in [7, 11) is 0. The minimum atomic E-state index is -0.200. The third kappa shape index (κ3) is 3.32. The Bertz CT molecular complexity index is 769. The van der Waals surface area contributed by atoms with E-state index >= 15 is 0 Å². The quantitative estimate of drug-likeness (QED) is 0.925. The molecular weight excluding hydrogens is 318 g/mol. The van der Waals surface area contributed by atoms with Crippen LogP contribution in [0.3, 0.4) is 0 Å². The van der Waals surface area contributed by atoms with Crippen molar-refractivity contribution in [2.45, 2.75) is 31.8 Å². The van der Waals surface area contributed by atoms with Gasteiger partial charge in [-0.1, -0.05) is 29.4 Å². The predicted molar refractivity (Wildman–Crippen MR) is 93.3 cm³/mol. The summed E-state index contributed by atoms with van der Waals surface area (Å²) in [4.78, 5) is 14.5. The largest absolute Gasteiger partial charge is 0.368 e. The van der Waals surface area contributed by atoms with Crippen molar-refractivity contribution in [2.24, 2.45) is 0 Å². The third-order valence-electron chi connectivity index (χ3n) is 5.12. The Kier molecular flexibility index (Phi) is 4.31. The van der Waals surface area contributed by atoms with Gasteiger partial charge < -0.3 is 14.6 Å². The van der Waals surface area contributed by atoms with Gasteiger partial charge in [0, 0.05) is 32.1 Å². The Morgan fingerprint density at radius 2 is 2.28 bits per heavy atom. The number of nitrogens with one attached hydrogen (secondary N) is 1. The molecule has 6 nitrogen and oxygen atoms in total. The highest BCUT2D eigenvalue weighted by molar-refractivity contribution is 5.89. The van der Waals surface area contributed by atoms with Crippen LogP contribution in [-0.2, 0) is 21.6 Å². The molecule has 1 amide bonds. The van der Waals surface area contributed by atoms with Crippen molar-refractivity contribution in [1.29, 1.82) is 0 Å². The number of benzene rings is 1. The Hall–Kier alpha value is -2.18. The summed E-state index contributed by atoms with van der Waals surface area (Å²) in [6, 6.07) is 10.3. The molecule has 2 heterocycles. The van der Waals surface area contributed by atoms with Crippen LogP contribution in [0.1, 0.15) is 29.7 Å².